The van der Waals surface area contributed by atoms with Gasteiger partial charge in [-0.2, -0.15) is 5.10 Å². The fourth-order valence-corrected chi connectivity index (χ4v) is 3.68. The van der Waals surface area contributed by atoms with E-state index in [1.165, 1.54) is 11.6 Å². The molecule has 0 saturated heterocycles. The van der Waals surface area contributed by atoms with Gasteiger partial charge in [0.25, 0.3) is 0 Å². The Labute approximate surface area is 194 Å². The molecule has 3 N–H and O–H groups in total. The number of nitrogens with one attached hydrogen (secondary N) is 1. The molecule has 3 aromatic rings. The van der Waals surface area contributed by atoms with Crippen LogP contribution in [0.4, 0.5) is 4.39 Å². The lowest BCUT2D eigenvalue weighted by atomic mass is 10.0. The van der Waals surface area contributed by atoms with Crippen LogP contribution in [0.15, 0.2) is 54.9 Å². The molecule has 0 saturated carbocycles. The summed E-state index contributed by atoms with van der Waals surface area (Å²) in [6, 6.07) is 13.1. The number of halogens is 1. The fraction of sp³-hybridized carbons (Fsp3) is 0.346. The standard InChI is InChI=1S/C26H31FN4O2/c1-33-14-13-19-7-9-21(10-8-19)17-31-18-22(16-30-31)25(32)6-4-2-3-5-20-11-12-23(26(28)29)24(27)15-20/h7-12,15-16,18H,2-6,13-14,17H2,1H3,(H3,28,29). The van der Waals surface area contributed by atoms with Crippen molar-refractivity contribution in [2.75, 3.05) is 13.7 Å². The van der Waals surface area contributed by atoms with Crippen LogP contribution in [0.5, 0.6) is 0 Å². The number of benzene rings is 2. The number of unbranched alkanes of at least 4 members (excludes halogenated alkanes) is 2. The van der Waals surface area contributed by atoms with Gasteiger partial charge < -0.3 is 10.5 Å². The summed E-state index contributed by atoms with van der Waals surface area (Å²) in [6.45, 7) is 1.33. The molecule has 0 aliphatic rings. The highest BCUT2D eigenvalue weighted by Gasteiger charge is 2.10. The second kappa shape index (κ2) is 12.1. The van der Waals surface area contributed by atoms with Gasteiger partial charge in [0.15, 0.2) is 5.78 Å². The van der Waals surface area contributed by atoms with Crippen molar-refractivity contribution in [1.29, 1.82) is 5.41 Å². The molecule has 0 amide bonds. The van der Waals surface area contributed by atoms with Crippen LogP contribution in [-0.4, -0.2) is 35.1 Å². The number of hydrogen-bond donors (Lipinski definition) is 2. The minimum Gasteiger partial charge on any atom is -0.384 e. The normalized spacial score (nSPS) is 11.0. The van der Waals surface area contributed by atoms with Crippen molar-refractivity contribution in [1.82, 2.24) is 9.78 Å². The highest BCUT2D eigenvalue weighted by atomic mass is 19.1. The molecule has 2 aromatic carbocycles. The van der Waals surface area contributed by atoms with E-state index in [2.05, 4.69) is 29.4 Å². The first kappa shape index (κ1) is 24.3. The van der Waals surface area contributed by atoms with Gasteiger partial charge >= 0.3 is 0 Å². The average molecular weight is 451 g/mol. The predicted molar refractivity (Wildman–Crippen MR) is 127 cm³/mol. The van der Waals surface area contributed by atoms with Crippen molar-refractivity contribution in [3.8, 4) is 0 Å². The van der Waals surface area contributed by atoms with E-state index in [1.54, 1.807) is 36.3 Å². The van der Waals surface area contributed by atoms with Crippen LogP contribution in [0.1, 0.15) is 58.3 Å². The van der Waals surface area contributed by atoms with E-state index in [0.29, 0.717) is 25.1 Å². The number of nitrogen functional groups attached to an aromatic ring is 1. The number of carbonyl (C=O) groups is 1. The average Bonchev–Trinajstić information content (AvgIpc) is 3.26. The van der Waals surface area contributed by atoms with E-state index in [1.807, 2.05) is 0 Å². The van der Waals surface area contributed by atoms with Gasteiger partial charge in [-0.15, -0.1) is 0 Å². The summed E-state index contributed by atoms with van der Waals surface area (Å²) in [5.41, 5.74) is 9.34. The van der Waals surface area contributed by atoms with Crippen LogP contribution in [0.25, 0.3) is 0 Å². The lowest BCUT2D eigenvalue weighted by Crippen LogP contribution is -2.13. The fourth-order valence-electron chi connectivity index (χ4n) is 3.68. The van der Waals surface area contributed by atoms with E-state index >= 15 is 0 Å². The summed E-state index contributed by atoms with van der Waals surface area (Å²) in [5.74, 6) is -0.640. The highest BCUT2D eigenvalue weighted by molar-refractivity contribution is 5.95. The smallest absolute Gasteiger partial charge is 0.166 e. The first-order valence-electron chi connectivity index (χ1n) is 11.2. The number of nitrogens with two attached hydrogens (primary N) is 1. The molecular weight excluding hydrogens is 419 g/mol. The highest BCUT2D eigenvalue weighted by Crippen LogP contribution is 2.15. The number of ether oxygens (including phenoxy) is 1. The topological polar surface area (TPSA) is 94.0 Å². The summed E-state index contributed by atoms with van der Waals surface area (Å²) in [4.78, 5) is 12.5. The zero-order valence-electron chi connectivity index (χ0n) is 19.0. The van der Waals surface area contributed by atoms with Gasteiger partial charge in [0, 0.05) is 19.7 Å². The van der Waals surface area contributed by atoms with Crippen LogP contribution < -0.4 is 5.73 Å². The summed E-state index contributed by atoms with van der Waals surface area (Å²) >= 11 is 0. The lowest BCUT2D eigenvalue weighted by Gasteiger charge is -2.05. The van der Waals surface area contributed by atoms with Gasteiger partial charge in [-0.25, -0.2) is 4.39 Å². The van der Waals surface area contributed by atoms with Gasteiger partial charge in [0.2, 0.25) is 0 Å². The third kappa shape index (κ3) is 7.36. The molecule has 0 atom stereocenters. The van der Waals surface area contributed by atoms with Crippen molar-refractivity contribution in [2.45, 2.75) is 45.1 Å². The van der Waals surface area contributed by atoms with E-state index in [-0.39, 0.29) is 17.2 Å². The van der Waals surface area contributed by atoms with Crippen LogP contribution in [0.2, 0.25) is 0 Å². The van der Waals surface area contributed by atoms with Crippen molar-refractivity contribution >= 4 is 11.6 Å². The van der Waals surface area contributed by atoms with E-state index < -0.39 is 5.82 Å². The van der Waals surface area contributed by atoms with Gasteiger partial charge in [-0.1, -0.05) is 36.8 Å². The molecule has 0 unspecified atom stereocenters. The summed E-state index contributed by atoms with van der Waals surface area (Å²) in [6.07, 6.45) is 8.05. The number of nitrogens with zero attached hydrogens (tertiary/aromatic N) is 2. The molecule has 0 aliphatic heterocycles. The molecular formula is C26H31FN4O2. The van der Waals surface area contributed by atoms with E-state index in [0.717, 1.165) is 43.2 Å². The molecule has 0 radical (unpaired) electrons. The third-order valence-corrected chi connectivity index (χ3v) is 5.61. The van der Waals surface area contributed by atoms with Gasteiger partial charge in [0.1, 0.15) is 11.7 Å². The van der Waals surface area contributed by atoms with Crippen molar-refractivity contribution in [3.63, 3.8) is 0 Å². The van der Waals surface area contributed by atoms with Gasteiger partial charge in [-0.05, 0) is 54.5 Å². The number of carbonyl (C=O) groups excluding carboxylic acids is 1. The molecule has 6 nitrogen and oxygen atoms in total. The number of rotatable bonds is 13. The minimum absolute atomic E-state index is 0.0908. The molecule has 1 heterocycles. The summed E-state index contributed by atoms with van der Waals surface area (Å²) in [5, 5.41) is 11.7. The van der Waals surface area contributed by atoms with Gasteiger partial charge in [0.05, 0.1) is 30.5 Å². The second-order valence-corrected chi connectivity index (χ2v) is 8.20. The molecule has 7 heteroatoms. The quantitative estimate of drug-likeness (QED) is 0.173. The minimum atomic E-state index is -0.464. The van der Waals surface area contributed by atoms with Crippen molar-refractivity contribution in [3.05, 3.63) is 88.5 Å². The zero-order valence-corrected chi connectivity index (χ0v) is 19.0. The maximum Gasteiger partial charge on any atom is 0.166 e. The Morgan fingerprint density at radius 3 is 2.48 bits per heavy atom. The monoisotopic (exact) mass is 450 g/mol. The summed E-state index contributed by atoms with van der Waals surface area (Å²) in [7, 11) is 1.70. The predicted octanol–water partition coefficient (Wildman–Crippen LogP) is 4.53. The Balaban J connectivity index is 1.40. The largest absolute Gasteiger partial charge is 0.384 e. The number of hydrogen-bond acceptors (Lipinski definition) is 4. The van der Waals surface area contributed by atoms with E-state index in [4.69, 9.17) is 15.9 Å². The number of amidine groups is 1. The molecule has 0 bridgehead atoms. The summed E-state index contributed by atoms with van der Waals surface area (Å²) < 4.78 is 20.8. The number of methoxy groups -OCH3 is 1. The number of aromatic nitrogens is 2. The number of Topliss-reactive ketones (excluding diaryl/α,β-unsaturated/α-hetero) is 1. The second-order valence-electron chi connectivity index (χ2n) is 8.20. The van der Waals surface area contributed by atoms with Crippen LogP contribution in [0.3, 0.4) is 0 Å². The molecule has 0 spiro atoms. The molecule has 3 rings (SSSR count). The van der Waals surface area contributed by atoms with Crippen molar-refractivity contribution < 1.29 is 13.9 Å². The lowest BCUT2D eigenvalue weighted by molar-refractivity contribution is 0.0979. The molecule has 0 aliphatic carbocycles. The molecule has 1 aromatic heterocycles. The SMILES string of the molecule is COCCc1ccc(Cn2cc(C(=O)CCCCCc3ccc(C(=N)N)c(F)c3)cn2)cc1. The molecule has 174 valence electrons. The maximum atomic E-state index is 13.9. The first-order chi connectivity index (χ1) is 16.0. The molecule has 33 heavy (non-hydrogen) atoms. The molecule has 0 fully saturated rings. The van der Waals surface area contributed by atoms with Crippen LogP contribution in [-0.2, 0) is 24.1 Å². The number of ketones is 1. The Kier molecular flexibility index (Phi) is 8.89. The first-order valence-corrected chi connectivity index (χ1v) is 11.2. The Bertz CT molecular complexity index is 1080. The Morgan fingerprint density at radius 1 is 1.06 bits per heavy atom. The van der Waals surface area contributed by atoms with E-state index in [9.17, 15) is 9.18 Å². The Hall–Kier alpha value is -3.32. The zero-order chi connectivity index (χ0) is 23.6. The van der Waals surface area contributed by atoms with Gasteiger partial charge in [-0.3, -0.25) is 14.9 Å². The third-order valence-electron chi connectivity index (χ3n) is 5.61. The van der Waals surface area contributed by atoms with Crippen LogP contribution >= 0.6 is 0 Å². The van der Waals surface area contributed by atoms with Crippen LogP contribution in [0, 0.1) is 11.2 Å². The van der Waals surface area contributed by atoms with Crippen molar-refractivity contribution in [2.24, 2.45) is 5.73 Å². The Morgan fingerprint density at radius 2 is 1.79 bits per heavy atom. The maximum absolute atomic E-state index is 13.9. The number of aryl methyl sites for hydroxylation is 1.